The van der Waals surface area contributed by atoms with Gasteiger partial charge in [0.25, 0.3) is 0 Å². The molecule has 0 bridgehead atoms. The monoisotopic (exact) mass is 311 g/mol. The third-order valence-electron chi connectivity index (χ3n) is 3.62. The number of hydrogen-bond donors (Lipinski definition) is 1. The third kappa shape index (κ3) is 3.05. The van der Waals surface area contributed by atoms with Crippen molar-refractivity contribution in [1.82, 2.24) is 0 Å². The van der Waals surface area contributed by atoms with Crippen molar-refractivity contribution >= 4 is 11.7 Å². The Labute approximate surface area is 133 Å². The lowest BCUT2D eigenvalue weighted by Gasteiger charge is -2.38. The molecular formula is C17H29NO4. The normalized spacial score (nSPS) is 22.8. The van der Waals surface area contributed by atoms with Gasteiger partial charge in [0.05, 0.1) is 12.3 Å². The van der Waals surface area contributed by atoms with Crippen molar-refractivity contribution in [2.45, 2.75) is 61.1 Å². The first-order chi connectivity index (χ1) is 9.92. The van der Waals surface area contributed by atoms with Crippen LogP contribution in [-0.4, -0.2) is 35.7 Å². The van der Waals surface area contributed by atoms with Crippen molar-refractivity contribution in [2.24, 2.45) is 15.8 Å². The van der Waals surface area contributed by atoms with Crippen molar-refractivity contribution in [3.63, 3.8) is 0 Å². The predicted molar refractivity (Wildman–Crippen MR) is 87.0 cm³/mol. The largest absolute Gasteiger partial charge is 0.506 e. The molecule has 1 aliphatic rings. The second kappa shape index (κ2) is 6.03. The number of rotatable bonds is 4. The topological polar surface area (TPSA) is 68.1 Å². The number of aliphatic imine (C=N–C) groups is 1. The van der Waals surface area contributed by atoms with E-state index in [0.29, 0.717) is 12.3 Å². The molecule has 1 heterocycles. The first-order valence-corrected chi connectivity index (χ1v) is 7.77. The fraction of sp³-hybridized carbons (Fsp3) is 0.765. The van der Waals surface area contributed by atoms with Crippen molar-refractivity contribution < 1.29 is 19.4 Å². The van der Waals surface area contributed by atoms with E-state index in [0.717, 1.165) is 0 Å². The zero-order chi connectivity index (χ0) is 17.3. The molecule has 0 aromatic carbocycles. The standard InChI is InChI=1S/C17H29NO4/c1-9-21-14(20)11-12(15(3,4)5)18-17(13(11)19,22-10-2)16(6,7)8/h19H,9-10H2,1-8H3/t17-/m1/s1. The summed E-state index contributed by atoms with van der Waals surface area (Å²) in [7, 11) is 0. The highest BCUT2D eigenvalue weighted by atomic mass is 16.5. The molecule has 1 atom stereocenters. The lowest BCUT2D eigenvalue weighted by Crippen LogP contribution is -2.45. The molecule has 0 saturated carbocycles. The average molecular weight is 311 g/mol. The van der Waals surface area contributed by atoms with Gasteiger partial charge in [-0.2, -0.15) is 0 Å². The molecule has 22 heavy (non-hydrogen) atoms. The Balaban J connectivity index is 3.62. The van der Waals surface area contributed by atoms with E-state index < -0.39 is 22.5 Å². The lowest BCUT2D eigenvalue weighted by atomic mass is 9.81. The molecule has 5 heteroatoms. The zero-order valence-electron chi connectivity index (χ0n) is 15.0. The summed E-state index contributed by atoms with van der Waals surface area (Å²) >= 11 is 0. The quantitative estimate of drug-likeness (QED) is 0.805. The van der Waals surface area contributed by atoms with E-state index in [1.54, 1.807) is 6.92 Å². The van der Waals surface area contributed by atoms with Gasteiger partial charge in [0.1, 0.15) is 5.57 Å². The molecule has 0 spiro atoms. The molecule has 0 aliphatic carbocycles. The van der Waals surface area contributed by atoms with E-state index in [1.807, 2.05) is 48.5 Å². The maximum Gasteiger partial charge on any atom is 0.343 e. The minimum absolute atomic E-state index is 0.137. The zero-order valence-corrected chi connectivity index (χ0v) is 15.0. The second-order valence-corrected chi connectivity index (χ2v) is 7.48. The summed E-state index contributed by atoms with van der Waals surface area (Å²) in [6.45, 7) is 15.8. The molecule has 0 amide bonds. The number of carbonyl (C=O) groups excluding carboxylic acids is 1. The van der Waals surface area contributed by atoms with Gasteiger partial charge in [-0.15, -0.1) is 0 Å². The highest BCUT2D eigenvalue weighted by Gasteiger charge is 2.55. The summed E-state index contributed by atoms with van der Waals surface area (Å²) in [4.78, 5) is 17.0. The Hall–Kier alpha value is -1.36. The second-order valence-electron chi connectivity index (χ2n) is 7.48. The molecule has 0 saturated heterocycles. The highest BCUT2D eigenvalue weighted by Crippen LogP contribution is 2.47. The molecule has 1 N–H and O–H groups in total. The Kier molecular flexibility index (Phi) is 5.12. The van der Waals surface area contributed by atoms with Gasteiger partial charge < -0.3 is 14.6 Å². The third-order valence-corrected chi connectivity index (χ3v) is 3.62. The van der Waals surface area contributed by atoms with Crippen LogP contribution in [0.2, 0.25) is 0 Å². The van der Waals surface area contributed by atoms with Crippen LogP contribution in [0.15, 0.2) is 16.3 Å². The van der Waals surface area contributed by atoms with Gasteiger partial charge in [0, 0.05) is 17.4 Å². The van der Waals surface area contributed by atoms with Crippen molar-refractivity contribution in [2.75, 3.05) is 13.2 Å². The van der Waals surface area contributed by atoms with Crippen LogP contribution in [0.1, 0.15) is 55.4 Å². The van der Waals surface area contributed by atoms with Gasteiger partial charge in [0.15, 0.2) is 5.76 Å². The fourth-order valence-corrected chi connectivity index (χ4v) is 2.54. The fourth-order valence-electron chi connectivity index (χ4n) is 2.54. The number of nitrogens with zero attached hydrogens (tertiary/aromatic N) is 1. The number of ether oxygens (including phenoxy) is 2. The number of carbonyl (C=O) groups is 1. The van der Waals surface area contributed by atoms with E-state index in [1.165, 1.54) is 0 Å². The highest BCUT2D eigenvalue weighted by molar-refractivity contribution is 6.23. The van der Waals surface area contributed by atoms with Crippen molar-refractivity contribution in [3.8, 4) is 0 Å². The van der Waals surface area contributed by atoms with Crippen LogP contribution in [-0.2, 0) is 14.3 Å². The Morgan fingerprint density at radius 3 is 2.05 bits per heavy atom. The molecule has 0 aromatic heterocycles. The van der Waals surface area contributed by atoms with Crippen LogP contribution in [0, 0.1) is 10.8 Å². The van der Waals surface area contributed by atoms with Gasteiger partial charge in [-0.3, -0.25) is 0 Å². The average Bonchev–Trinajstić information content (AvgIpc) is 2.64. The minimum Gasteiger partial charge on any atom is -0.506 e. The van der Waals surface area contributed by atoms with Crippen LogP contribution in [0.4, 0.5) is 0 Å². The smallest absolute Gasteiger partial charge is 0.343 e. The first-order valence-electron chi connectivity index (χ1n) is 7.77. The number of hydrogen-bond acceptors (Lipinski definition) is 5. The van der Waals surface area contributed by atoms with E-state index >= 15 is 0 Å². The van der Waals surface area contributed by atoms with Crippen LogP contribution in [0.25, 0.3) is 0 Å². The molecule has 0 aromatic rings. The van der Waals surface area contributed by atoms with Gasteiger partial charge >= 0.3 is 5.97 Å². The van der Waals surface area contributed by atoms with E-state index in [-0.39, 0.29) is 17.9 Å². The Morgan fingerprint density at radius 1 is 1.14 bits per heavy atom. The predicted octanol–water partition coefficient (Wildman–Crippen LogP) is 3.64. The van der Waals surface area contributed by atoms with Gasteiger partial charge in [-0.05, 0) is 13.8 Å². The molecule has 0 fully saturated rings. The van der Waals surface area contributed by atoms with E-state index in [4.69, 9.17) is 9.47 Å². The summed E-state index contributed by atoms with van der Waals surface area (Å²) in [6, 6.07) is 0. The maximum absolute atomic E-state index is 12.4. The first kappa shape index (κ1) is 18.7. The Bertz CT molecular complexity index is 506. The molecule has 1 aliphatic heterocycles. The molecular weight excluding hydrogens is 282 g/mol. The van der Waals surface area contributed by atoms with Crippen LogP contribution in [0.5, 0.6) is 0 Å². The van der Waals surface area contributed by atoms with Crippen LogP contribution >= 0.6 is 0 Å². The SMILES string of the molecule is CCOC(=O)C1=C(O)[C@@](OCC)(C(C)(C)C)N=C1C(C)(C)C. The molecule has 0 unspecified atom stereocenters. The van der Waals surface area contributed by atoms with Crippen LogP contribution in [0.3, 0.4) is 0 Å². The van der Waals surface area contributed by atoms with E-state index in [2.05, 4.69) is 4.99 Å². The van der Waals surface area contributed by atoms with E-state index in [9.17, 15) is 9.90 Å². The summed E-state index contributed by atoms with van der Waals surface area (Å²) in [5.74, 6) is -0.704. The molecule has 5 nitrogen and oxygen atoms in total. The summed E-state index contributed by atoms with van der Waals surface area (Å²) in [6.07, 6.45) is 0. The molecule has 0 radical (unpaired) electrons. The van der Waals surface area contributed by atoms with Crippen molar-refractivity contribution in [3.05, 3.63) is 11.3 Å². The van der Waals surface area contributed by atoms with Crippen molar-refractivity contribution in [1.29, 1.82) is 0 Å². The number of esters is 1. The van der Waals surface area contributed by atoms with Gasteiger partial charge in [-0.1, -0.05) is 41.5 Å². The van der Waals surface area contributed by atoms with Gasteiger partial charge in [-0.25, -0.2) is 9.79 Å². The summed E-state index contributed by atoms with van der Waals surface area (Å²) in [5, 5.41) is 10.8. The maximum atomic E-state index is 12.4. The molecule has 1 rings (SSSR count). The van der Waals surface area contributed by atoms with Crippen LogP contribution < -0.4 is 0 Å². The minimum atomic E-state index is -1.26. The number of aliphatic hydroxyl groups excluding tert-OH is 1. The summed E-state index contributed by atoms with van der Waals surface area (Å²) < 4.78 is 11.0. The lowest BCUT2D eigenvalue weighted by molar-refractivity contribution is -0.138. The van der Waals surface area contributed by atoms with Gasteiger partial charge in [0.2, 0.25) is 5.72 Å². The number of aliphatic hydroxyl groups is 1. The summed E-state index contributed by atoms with van der Waals surface area (Å²) in [5.41, 5.74) is -1.53. The Morgan fingerprint density at radius 2 is 1.68 bits per heavy atom. The molecule has 126 valence electrons.